The van der Waals surface area contributed by atoms with Crippen LogP contribution in [0.2, 0.25) is 0 Å². The molecule has 1 aliphatic heterocycles. The Bertz CT molecular complexity index is 409. The lowest BCUT2D eigenvalue weighted by atomic mass is 9.98. The molecule has 0 atom stereocenters. The van der Waals surface area contributed by atoms with Crippen LogP contribution in [-0.4, -0.2) is 23.8 Å². The highest BCUT2D eigenvalue weighted by Gasteiger charge is 2.22. The molecule has 6 heteroatoms. The molecule has 0 saturated carbocycles. The van der Waals surface area contributed by atoms with Crippen molar-refractivity contribution in [3.63, 3.8) is 0 Å². The molecule has 0 bridgehead atoms. The van der Waals surface area contributed by atoms with Crippen LogP contribution in [0.25, 0.3) is 0 Å². The number of hydrogen-bond acceptors (Lipinski definition) is 5. The Balaban J connectivity index is 3.07. The quantitative estimate of drug-likeness (QED) is 0.144. The topological polar surface area (TPSA) is 115 Å². The fourth-order valence-corrected chi connectivity index (χ4v) is 2.04. The van der Waals surface area contributed by atoms with Gasteiger partial charge in [-0.2, -0.15) is 5.26 Å². The summed E-state index contributed by atoms with van der Waals surface area (Å²) in [5.74, 6) is 6.51. The van der Waals surface area contributed by atoms with Gasteiger partial charge in [0.05, 0.1) is 17.2 Å². The molecule has 0 radical (unpaired) electrons. The first kappa shape index (κ1) is 14.1. The van der Waals surface area contributed by atoms with Crippen molar-refractivity contribution >= 4 is 5.84 Å². The summed E-state index contributed by atoms with van der Waals surface area (Å²) in [5, 5.41) is 16.5. The minimum absolute atomic E-state index is 0.147. The number of nitrogens with two attached hydrogens (primary N) is 2. The number of hydrazine groups is 1. The number of nitrogens with one attached hydrogen (secondary N) is 2. The van der Waals surface area contributed by atoms with E-state index in [2.05, 4.69) is 18.9 Å². The molecule has 1 saturated heterocycles. The van der Waals surface area contributed by atoms with Crippen LogP contribution in [0.3, 0.4) is 0 Å². The zero-order valence-corrected chi connectivity index (χ0v) is 10.7. The van der Waals surface area contributed by atoms with Gasteiger partial charge >= 0.3 is 0 Å². The second-order valence-corrected chi connectivity index (χ2v) is 4.54. The molecule has 1 rings (SSSR count). The number of amidine groups is 1. The largest absolute Gasteiger partial charge is 0.384 e. The Morgan fingerprint density at radius 2 is 2.06 bits per heavy atom. The molecule has 0 spiro atoms. The van der Waals surface area contributed by atoms with Gasteiger partial charge < -0.3 is 16.1 Å². The third-order valence-corrected chi connectivity index (χ3v) is 3.18. The molecule has 0 aliphatic carbocycles. The Hall–Kier alpha value is -2.00. The van der Waals surface area contributed by atoms with Gasteiger partial charge in [0, 0.05) is 13.1 Å². The van der Waals surface area contributed by atoms with E-state index in [9.17, 15) is 0 Å². The normalized spacial score (nSPS) is 17.7. The van der Waals surface area contributed by atoms with Crippen molar-refractivity contribution < 1.29 is 0 Å². The van der Waals surface area contributed by atoms with E-state index in [0.29, 0.717) is 11.7 Å². The van der Waals surface area contributed by atoms with Gasteiger partial charge in [0.1, 0.15) is 11.7 Å². The van der Waals surface area contributed by atoms with Crippen molar-refractivity contribution in [2.24, 2.45) is 17.5 Å². The molecule has 18 heavy (non-hydrogen) atoms. The Labute approximate surface area is 107 Å². The number of rotatable bonds is 4. The van der Waals surface area contributed by atoms with Crippen LogP contribution in [0.15, 0.2) is 23.5 Å². The molecular weight excluding hydrogens is 228 g/mol. The predicted molar refractivity (Wildman–Crippen MR) is 71.0 cm³/mol. The van der Waals surface area contributed by atoms with Gasteiger partial charge in [0.15, 0.2) is 0 Å². The van der Waals surface area contributed by atoms with Crippen molar-refractivity contribution in [2.45, 2.75) is 19.8 Å². The molecule has 6 nitrogen and oxygen atoms in total. The van der Waals surface area contributed by atoms with E-state index in [-0.39, 0.29) is 17.0 Å². The molecule has 0 aromatic rings. The Morgan fingerprint density at radius 3 is 2.44 bits per heavy atom. The lowest BCUT2D eigenvalue weighted by molar-refractivity contribution is 0.224. The SMILES string of the molecule is C=C(C#N)/C(C(=N)N)=C(/NN)N1CCC(C)CC1. The Kier molecular flexibility index (Phi) is 4.75. The molecule has 6 N–H and O–H groups in total. The first-order valence-corrected chi connectivity index (χ1v) is 5.90. The van der Waals surface area contributed by atoms with Gasteiger partial charge in [-0.25, -0.2) is 5.84 Å². The first-order valence-electron chi connectivity index (χ1n) is 5.90. The predicted octanol–water partition coefficient (Wildman–Crippen LogP) is 0.409. The van der Waals surface area contributed by atoms with E-state index >= 15 is 0 Å². The zero-order chi connectivity index (χ0) is 13.7. The van der Waals surface area contributed by atoms with Gasteiger partial charge in [-0.15, -0.1) is 0 Å². The minimum atomic E-state index is -0.201. The van der Waals surface area contributed by atoms with E-state index < -0.39 is 0 Å². The molecule has 0 unspecified atom stereocenters. The van der Waals surface area contributed by atoms with Crippen molar-refractivity contribution in [3.8, 4) is 6.07 Å². The summed E-state index contributed by atoms with van der Waals surface area (Å²) in [5.41, 5.74) is 8.50. The molecule has 98 valence electrons. The molecule has 1 fully saturated rings. The second-order valence-electron chi connectivity index (χ2n) is 4.54. The van der Waals surface area contributed by atoms with Gasteiger partial charge in [0.2, 0.25) is 0 Å². The third-order valence-electron chi connectivity index (χ3n) is 3.18. The summed E-state index contributed by atoms with van der Waals surface area (Å²) in [4.78, 5) is 2.01. The standard InChI is InChI=1S/C12H20N6/c1-8-3-5-18(6-4-8)12(17-16)10(11(14)15)9(2)7-13/h8,17H,2-6,16H2,1H3,(H3,14,15)/b12-10+. The minimum Gasteiger partial charge on any atom is -0.384 e. The van der Waals surface area contributed by atoms with Crippen LogP contribution in [0.5, 0.6) is 0 Å². The maximum atomic E-state index is 8.92. The van der Waals surface area contributed by atoms with Crippen LogP contribution in [-0.2, 0) is 0 Å². The van der Waals surface area contributed by atoms with Crippen LogP contribution in [0, 0.1) is 22.7 Å². The lowest BCUT2D eigenvalue weighted by Crippen LogP contribution is -2.42. The average molecular weight is 248 g/mol. The summed E-state index contributed by atoms with van der Waals surface area (Å²) in [6.07, 6.45) is 2.10. The summed E-state index contributed by atoms with van der Waals surface area (Å²) in [6, 6.07) is 1.91. The number of hydrogen-bond donors (Lipinski definition) is 4. The highest BCUT2D eigenvalue weighted by atomic mass is 15.4. The maximum Gasteiger partial charge on any atom is 0.128 e. The summed E-state index contributed by atoms with van der Waals surface area (Å²) in [6.45, 7) is 7.48. The zero-order valence-electron chi connectivity index (χ0n) is 10.7. The molecule has 0 amide bonds. The number of likely N-dealkylation sites (tertiary alicyclic amines) is 1. The smallest absolute Gasteiger partial charge is 0.128 e. The van der Waals surface area contributed by atoms with E-state index in [1.807, 2.05) is 11.0 Å². The average Bonchev–Trinajstić information content (AvgIpc) is 2.35. The molecule has 1 heterocycles. The highest BCUT2D eigenvalue weighted by Crippen LogP contribution is 2.22. The monoisotopic (exact) mass is 248 g/mol. The fourth-order valence-electron chi connectivity index (χ4n) is 2.04. The summed E-state index contributed by atoms with van der Waals surface area (Å²) >= 11 is 0. The number of nitriles is 1. The van der Waals surface area contributed by atoms with Crippen molar-refractivity contribution in [1.29, 1.82) is 10.7 Å². The van der Waals surface area contributed by atoms with Crippen molar-refractivity contribution in [2.75, 3.05) is 13.1 Å². The van der Waals surface area contributed by atoms with Crippen molar-refractivity contribution in [3.05, 3.63) is 23.5 Å². The molecule has 0 aromatic carbocycles. The number of nitrogens with zero attached hydrogens (tertiary/aromatic N) is 2. The van der Waals surface area contributed by atoms with Crippen molar-refractivity contribution in [1.82, 2.24) is 10.3 Å². The lowest BCUT2D eigenvalue weighted by Gasteiger charge is -2.34. The van der Waals surface area contributed by atoms with Crippen LogP contribution in [0.1, 0.15) is 19.8 Å². The highest BCUT2D eigenvalue weighted by molar-refractivity contribution is 6.00. The van der Waals surface area contributed by atoms with Gasteiger partial charge in [0.25, 0.3) is 0 Å². The summed E-state index contributed by atoms with van der Waals surface area (Å²) in [7, 11) is 0. The van der Waals surface area contributed by atoms with E-state index in [4.69, 9.17) is 22.2 Å². The van der Waals surface area contributed by atoms with Crippen LogP contribution < -0.4 is 17.0 Å². The Morgan fingerprint density at radius 1 is 1.50 bits per heavy atom. The van der Waals surface area contributed by atoms with Gasteiger partial charge in [-0.3, -0.25) is 5.41 Å². The van der Waals surface area contributed by atoms with E-state index in [0.717, 1.165) is 25.9 Å². The van der Waals surface area contributed by atoms with E-state index in [1.54, 1.807) is 0 Å². The van der Waals surface area contributed by atoms with Crippen LogP contribution in [0.4, 0.5) is 0 Å². The van der Waals surface area contributed by atoms with Gasteiger partial charge in [-0.05, 0) is 18.8 Å². The maximum absolute atomic E-state index is 8.92. The van der Waals surface area contributed by atoms with Crippen LogP contribution >= 0.6 is 0 Å². The fraction of sp³-hybridized carbons (Fsp3) is 0.500. The first-order chi connectivity index (χ1) is 8.51. The molecule has 0 aromatic heterocycles. The molecule has 1 aliphatic rings. The number of piperidine rings is 1. The molecular formula is C12H20N6. The third kappa shape index (κ3) is 3.02. The second kappa shape index (κ2) is 6.07. The summed E-state index contributed by atoms with van der Waals surface area (Å²) < 4.78 is 0. The van der Waals surface area contributed by atoms with Gasteiger partial charge in [-0.1, -0.05) is 13.5 Å². The van der Waals surface area contributed by atoms with E-state index in [1.165, 1.54) is 0 Å².